The number of fused-ring (bicyclic) bond motifs is 2. The van der Waals surface area contributed by atoms with Crippen LogP contribution in [0.15, 0.2) is 49.4 Å². The number of aromatic amines is 1. The summed E-state index contributed by atoms with van der Waals surface area (Å²) in [6.07, 6.45) is 7.86. The van der Waals surface area contributed by atoms with Crippen LogP contribution in [0.25, 0.3) is 16.4 Å². The van der Waals surface area contributed by atoms with E-state index in [2.05, 4.69) is 27.1 Å². The first kappa shape index (κ1) is 23.5. The Morgan fingerprint density at radius 1 is 1.24 bits per heavy atom. The molecule has 2 saturated heterocycles. The van der Waals surface area contributed by atoms with Crippen LogP contribution in [0.5, 0.6) is 0 Å². The van der Waals surface area contributed by atoms with Gasteiger partial charge in [0.2, 0.25) is 11.8 Å². The summed E-state index contributed by atoms with van der Waals surface area (Å²) in [6.45, 7) is 4.61. The number of hydrogen-bond acceptors (Lipinski definition) is 7. The lowest BCUT2D eigenvalue weighted by Gasteiger charge is -2.33. The minimum Gasteiger partial charge on any atom is -0.382 e. The van der Waals surface area contributed by atoms with E-state index >= 15 is 0 Å². The van der Waals surface area contributed by atoms with E-state index in [0.717, 1.165) is 23.7 Å². The van der Waals surface area contributed by atoms with E-state index in [1.54, 1.807) is 40.0 Å². The molecule has 2 aliphatic heterocycles. The highest BCUT2D eigenvalue weighted by molar-refractivity contribution is 6.03. The van der Waals surface area contributed by atoms with Crippen LogP contribution in [0.1, 0.15) is 24.7 Å². The minimum atomic E-state index is -0.377. The van der Waals surface area contributed by atoms with E-state index in [1.165, 1.54) is 15.9 Å². The number of likely N-dealkylation sites (tertiary alicyclic amines) is 1. The molecule has 0 spiro atoms. The minimum absolute atomic E-state index is 0.128. The fraction of sp³-hybridized carbons (Fsp3) is 0.280. The topological polar surface area (TPSA) is 158 Å². The van der Waals surface area contributed by atoms with E-state index in [-0.39, 0.29) is 42.8 Å². The molecule has 1 atom stereocenters. The number of rotatable bonds is 4. The number of amides is 4. The second kappa shape index (κ2) is 9.18. The van der Waals surface area contributed by atoms with Crippen molar-refractivity contribution in [2.75, 3.05) is 42.1 Å². The van der Waals surface area contributed by atoms with Gasteiger partial charge in [0, 0.05) is 43.1 Å². The average Bonchev–Trinajstić information content (AvgIpc) is 3.66. The van der Waals surface area contributed by atoms with Crippen molar-refractivity contribution in [3.8, 4) is 0 Å². The van der Waals surface area contributed by atoms with Gasteiger partial charge in [-0.3, -0.25) is 24.0 Å². The van der Waals surface area contributed by atoms with Gasteiger partial charge in [-0.15, -0.1) is 0 Å². The van der Waals surface area contributed by atoms with Crippen molar-refractivity contribution in [3.63, 3.8) is 0 Å². The number of urea groups is 1. The van der Waals surface area contributed by atoms with Gasteiger partial charge < -0.3 is 20.9 Å². The summed E-state index contributed by atoms with van der Waals surface area (Å²) < 4.78 is 1.80. The molecule has 194 valence electrons. The van der Waals surface area contributed by atoms with Crippen LogP contribution in [0, 0.1) is 0 Å². The van der Waals surface area contributed by atoms with Gasteiger partial charge in [0.15, 0.2) is 11.6 Å². The molecule has 0 bridgehead atoms. The van der Waals surface area contributed by atoms with Crippen LogP contribution < -0.4 is 16.0 Å². The first-order chi connectivity index (χ1) is 18.4. The Morgan fingerprint density at radius 3 is 2.92 bits per heavy atom. The second-order valence-electron chi connectivity index (χ2n) is 9.29. The number of aromatic nitrogens is 5. The average molecular weight is 515 g/mol. The van der Waals surface area contributed by atoms with Gasteiger partial charge in [0.1, 0.15) is 17.9 Å². The third-order valence-electron chi connectivity index (χ3n) is 7.06. The Hall–Kier alpha value is -4.94. The molecule has 0 saturated carbocycles. The standard InChI is InChI=1S/C25H26N10O3/c1-2-19(36)33-8-3-4-18(33)23-30-24(21-22(26)27-7-9-35(21)23)34-11-10-32(14-20(34)37)25(38)29-16-6-5-15-13-28-31-17(15)12-16/h2,5-7,9,12-13,18H,1,3-4,8,10-11,14H2,(H2,26,27)(H,28,31)(H,29,38). The fourth-order valence-corrected chi connectivity index (χ4v) is 5.20. The highest BCUT2D eigenvalue weighted by atomic mass is 16.2. The highest BCUT2D eigenvalue weighted by Gasteiger charge is 2.36. The van der Waals surface area contributed by atoms with E-state index in [9.17, 15) is 14.4 Å². The molecule has 2 fully saturated rings. The number of benzene rings is 1. The maximum atomic E-state index is 13.3. The Labute approximate surface area is 216 Å². The molecule has 13 heteroatoms. The van der Waals surface area contributed by atoms with Crippen LogP contribution in [-0.4, -0.2) is 78.4 Å². The van der Waals surface area contributed by atoms with Crippen LogP contribution in [-0.2, 0) is 9.59 Å². The first-order valence-corrected chi connectivity index (χ1v) is 12.3. The number of hydrogen-bond donors (Lipinski definition) is 3. The maximum absolute atomic E-state index is 13.3. The molecule has 38 heavy (non-hydrogen) atoms. The van der Waals surface area contributed by atoms with Crippen molar-refractivity contribution in [2.24, 2.45) is 0 Å². The van der Waals surface area contributed by atoms with Crippen molar-refractivity contribution in [1.82, 2.24) is 34.4 Å². The Kier molecular flexibility index (Phi) is 5.66. The quantitative estimate of drug-likeness (QED) is 0.351. The van der Waals surface area contributed by atoms with Crippen molar-refractivity contribution < 1.29 is 14.4 Å². The molecule has 4 amide bonds. The second-order valence-corrected chi connectivity index (χ2v) is 9.29. The van der Waals surface area contributed by atoms with E-state index in [0.29, 0.717) is 35.9 Å². The summed E-state index contributed by atoms with van der Waals surface area (Å²) in [6, 6.07) is 4.77. The predicted octanol–water partition coefficient (Wildman–Crippen LogP) is 1.92. The van der Waals surface area contributed by atoms with Gasteiger partial charge >= 0.3 is 6.03 Å². The Balaban J connectivity index is 1.25. The van der Waals surface area contributed by atoms with Gasteiger partial charge in [0.05, 0.1) is 17.8 Å². The SMILES string of the molecule is C=CC(=O)N1CCCC1c1nc(N2CCN(C(=O)Nc3ccc4cn[nH]c4c3)CC2=O)c2c(N)nccn12. The van der Waals surface area contributed by atoms with E-state index in [1.807, 2.05) is 6.07 Å². The molecule has 3 aromatic heterocycles. The summed E-state index contributed by atoms with van der Waals surface area (Å²) in [5.74, 6) is 0.742. The number of carbonyl (C=O) groups excluding carboxylic acids is 3. The lowest BCUT2D eigenvalue weighted by molar-refractivity contribution is -0.127. The van der Waals surface area contributed by atoms with Crippen molar-refractivity contribution in [2.45, 2.75) is 18.9 Å². The van der Waals surface area contributed by atoms with Gasteiger partial charge in [-0.2, -0.15) is 5.10 Å². The normalized spacial score (nSPS) is 17.9. The molecular formula is C25H26N10O3. The number of imidazole rings is 1. The first-order valence-electron chi connectivity index (χ1n) is 12.3. The molecular weight excluding hydrogens is 488 g/mol. The third kappa shape index (κ3) is 3.88. The maximum Gasteiger partial charge on any atom is 0.322 e. The van der Waals surface area contributed by atoms with Crippen LogP contribution in [0.3, 0.4) is 0 Å². The number of carbonyl (C=O) groups is 3. The predicted molar refractivity (Wildman–Crippen MR) is 140 cm³/mol. The van der Waals surface area contributed by atoms with Crippen LogP contribution >= 0.6 is 0 Å². The smallest absolute Gasteiger partial charge is 0.322 e. The molecule has 5 heterocycles. The summed E-state index contributed by atoms with van der Waals surface area (Å²) in [7, 11) is 0. The summed E-state index contributed by atoms with van der Waals surface area (Å²) >= 11 is 0. The van der Waals surface area contributed by atoms with E-state index in [4.69, 9.17) is 10.7 Å². The molecule has 2 aliphatic rings. The Bertz CT molecular complexity index is 1590. The fourth-order valence-electron chi connectivity index (χ4n) is 5.20. The molecule has 0 aliphatic carbocycles. The number of nitrogens with zero attached hydrogens (tertiary/aromatic N) is 7. The van der Waals surface area contributed by atoms with Crippen LogP contribution in [0.4, 0.5) is 22.1 Å². The molecule has 6 rings (SSSR count). The number of H-pyrrole nitrogens is 1. The number of piperazine rings is 1. The van der Waals surface area contributed by atoms with Crippen molar-refractivity contribution in [3.05, 3.63) is 55.3 Å². The zero-order valence-electron chi connectivity index (χ0n) is 20.5. The molecule has 4 N–H and O–H groups in total. The molecule has 0 radical (unpaired) electrons. The zero-order valence-corrected chi connectivity index (χ0v) is 20.5. The zero-order chi connectivity index (χ0) is 26.4. The Morgan fingerprint density at radius 2 is 2.11 bits per heavy atom. The lowest BCUT2D eigenvalue weighted by Crippen LogP contribution is -2.53. The van der Waals surface area contributed by atoms with Gasteiger partial charge in [-0.1, -0.05) is 6.58 Å². The molecule has 4 aromatic rings. The van der Waals surface area contributed by atoms with Crippen molar-refractivity contribution in [1.29, 1.82) is 0 Å². The number of nitrogens with two attached hydrogens (primary N) is 1. The number of nitrogens with one attached hydrogen (secondary N) is 2. The molecule has 1 aromatic carbocycles. The molecule has 1 unspecified atom stereocenters. The lowest BCUT2D eigenvalue weighted by atomic mass is 10.2. The number of nitrogen functional groups attached to an aromatic ring is 1. The third-order valence-corrected chi connectivity index (χ3v) is 7.06. The van der Waals surface area contributed by atoms with Crippen molar-refractivity contribution >= 4 is 51.6 Å². The summed E-state index contributed by atoms with van der Waals surface area (Å²) in [5, 5.41) is 10.6. The van der Waals surface area contributed by atoms with Gasteiger partial charge in [0.25, 0.3) is 0 Å². The molecule has 13 nitrogen and oxygen atoms in total. The highest BCUT2D eigenvalue weighted by Crippen LogP contribution is 2.36. The number of anilines is 3. The van der Waals surface area contributed by atoms with Gasteiger partial charge in [-0.05, 0) is 37.1 Å². The van der Waals surface area contributed by atoms with Gasteiger partial charge in [-0.25, -0.2) is 14.8 Å². The summed E-state index contributed by atoms with van der Waals surface area (Å²) in [5.41, 5.74) is 8.14. The van der Waals surface area contributed by atoms with E-state index < -0.39 is 0 Å². The largest absolute Gasteiger partial charge is 0.382 e. The van der Waals surface area contributed by atoms with Crippen LogP contribution in [0.2, 0.25) is 0 Å². The summed E-state index contributed by atoms with van der Waals surface area (Å²) in [4.78, 5) is 52.5. The monoisotopic (exact) mass is 514 g/mol.